The van der Waals surface area contributed by atoms with Gasteiger partial charge < -0.3 is 4.74 Å². The number of aromatic nitrogens is 2. The summed E-state index contributed by atoms with van der Waals surface area (Å²) < 4.78 is 6.50. The minimum atomic E-state index is -0.392. The molecule has 0 N–H and O–H groups in total. The van der Waals surface area contributed by atoms with Crippen LogP contribution in [0.25, 0.3) is 0 Å². The van der Waals surface area contributed by atoms with Crippen LogP contribution in [0.3, 0.4) is 0 Å². The average Bonchev–Trinajstić information content (AvgIpc) is 2.74. The molecule has 0 saturated heterocycles. The molecule has 0 radical (unpaired) electrons. The highest BCUT2D eigenvalue weighted by atomic mass is 16.6. The normalized spacial score (nSPS) is 10.6. The smallest absolute Gasteiger partial charge is 0.310 e. The number of rotatable bonds is 5. The first-order valence-corrected chi connectivity index (χ1v) is 7.17. The van der Waals surface area contributed by atoms with Gasteiger partial charge >= 0.3 is 5.97 Å². The molecule has 1 aromatic heterocycles. The summed E-state index contributed by atoms with van der Waals surface area (Å²) in [6, 6.07) is 5.02. The van der Waals surface area contributed by atoms with Crippen LogP contribution in [0, 0.1) is 30.9 Å². The van der Waals surface area contributed by atoms with Gasteiger partial charge in [0, 0.05) is 22.9 Å². The molecular formula is C16H19N3O4. The number of carbonyl (C=O) groups excluding carboxylic acids is 1. The van der Waals surface area contributed by atoms with Crippen molar-refractivity contribution in [3.05, 3.63) is 56.4 Å². The Hall–Kier alpha value is -2.70. The monoisotopic (exact) mass is 317 g/mol. The van der Waals surface area contributed by atoms with Crippen LogP contribution in [0.4, 0.5) is 5.69 Å². The van der Waals surface area contributed by atoms with Gasteiger partial charge in [-0.2, -0.15) is 5.10 Å². The predicted molar refractivity (Wildman–Crippen MR) is 84.4 cm³/mol. The third kappa shape index (κ3) is 3.56. The number of methoxy groups -OCH3 is 1. The SMILES string of the molecule is COC(=O)Cc1c(C)nn(Cc2ccc([N+](=O)[O-])c(C)c2)c1C. The first-order chi connectivity index (χ1) is 10.8. The fraction of sp³-hybridized carbons (Fsp3) is 0.375. The van der Waals surface area contributed by atoms with Crippen LogP contribution < -0.4 is 0 Å². The maximum Gasteiger partial charge on any atom is 0.310 e. The second kappa shape index (κ2) is 6.60. The molecule has 0 fully saturated rings. The summed E-state index contributed by atoms with van der Waals surface area (Å²) in [5.74, 6) is -0.304. The second-order valence-corrected chi connectivity index (χ2v) is 5.44. The van der Waals surface area contributed by atoms with E-state index in [0.717, 1.165) is 22.5 Å². The number of nitro groups is 1. The lowest BCUT2D eigenvalue weighted by molar-refractivity contribution is -0.385. The van der Waals surface area contributed by atoms with E-state index in [2.05, 4.69) is 5.10 Å². The molecule has 1 heterocycles. The van der Waals surface area contributed by atoms with E-state index in [9.17, 15) is 14.9 Å². The van der Waals surface area contributed by atoms with Crippen LogP contribution in [0.15, 0.2) is 18.2 Å². The number of nitro benzene ring substituents is 1. The number of esters is 1. The van der Waals surface area contributed by atoms with Gasteiger partial charge in [0.25, 0.3) is 5.69 Å². The first-order valence-electron chi connectivity index (χ1n) is 7.17. The van der Waals surface area contributed by atoms with Crippen molar-refractivity contribution in [3.63, 3.8) is 0 Å². The highest BCUT2D eigenvalue weighted by molar-refractivity contribution is 5.73. The molecule has 2 aromatic rings. The van der Waals surface area contributed by atoms with Gasteiger partial charge in [-0.3, -0.25) is 19.6 Å². The summed E-state index contributed by atoms with van der Waals surface area (Å²) in [4.78, 5) is 22.0. The van der Waals surface area contributed by atoms with Crippen LogP contribution in [-0.4, -0.2) is 27.8 Å². The van der Waals surface area contributed by atoms with Gasteiger partial charge in [-0.25, -0.2) is 0 Å². The quantitative estimate of drug-likeness (QED) is 0.480. The molecule has 0 atom stereocenters. The van der Waals surface area contributed by atoms with Gasteiger partial charge in [0.05, 0.1) is 30.7 Å². The summed E-state index contributed by atoms with van der Waals surface area (Å²) in [5, 5.41) is 15.3. The zero-order valence-corrected chi connectivity index (χ0v) is 13.6. The Kier molecular flexibility index (Phi) is 4.78. The lowest BCUT2D eigenvalue weighted by atomic mass is 10.1. The molecule has 0 saturated carbocycles. The molecule has 7 nitrogen and oxygen atoms in total. The molecule has 0 amide bonds. The Morgan fingerprint density at radius 2 is 2.04 bits per heavy atom. The summed E-state index contributed by atoms with van der Waals surface area (Å²) >= 11 is 0. The Bertz CT molecular complexity index is 765. The van der Waals surface area contributed by atoms with Gasteiger partial charge in [-0.15, -0.1) is 0 Å². The second-order valence-electron chi connectivity index (χ2n) is 5.44. The van der Waals surface area contributed by atoms with E-state index in [1.165, 1.54) is 13.2 Å². The lowest BCUT2D eigenvalue weighted by Gasteiger charge is -2.07. The van der Waals surface area contributed by atoms with E-state index >= 15 is 0 Å². The average molecular weight is 317 g/mol. The van der Waals surface area contributed by atoms with E-state index in [4.69, 9.17) is 4.74 Å². The van der Waals surface area contributed by atoms with Gasteiger partial charge in [-0.05, 0) is 32.4 Å². The molecule has 23 heavy (non-hydrogen) atoms. The van der Waals surface area contributed by atoms with Gasteiger partial charge in [-0.1, -0.05) is 6.07 Å². The van der Waals surface area contributed by atoms with Crippen LogP contribution in [-0.2, 0) is 22.5 Å². The number of ether oxygens (including phenoxy) is 1. The minimum absolute atomic E-state index is 0.105. The topological polar surface area (TPSA) is 87.3 Å². The third-order valence-corrected chi connectivity index (χ3v) is 3.87. The molecule has 0 unspecified atom stereocenters. The Balaban J connectivity index is 2.27. The van der Waals surface area contributed by atoms with E-state index in [-0.39, 0.29) is 18.1 Å². The fourth-order valence-corrected chi connectivity index (χ4v) is 2.55. The highest BCUT2D eigenvalue weighted by Crippen LogP contribution is 2.21. The van der Waals surface area contributed by atoms with Crippen molar-refractivity contribution in [1.82, 2.24) is 9.78 Å². The first kappa shape index (κ1) is 16.7. The number of aryl methyl sites for hydroxylation is 2. The van der Waals surface area contributed by atoms with E-state index in [0.29, 0.717) is 12.1 Å². The maximum atomic E-state index is 11.5. The fourth-order valence-electron chi connectivity index (χ4n) is 2.55. The number of benzene rings is 1. The molecule has 0 aliphatic heterocycles. The van der Waals surface area contributed by atoms with Crippen molar-refractivity contribution >= 4 is 11.7 Å². The van der Waals surface area contributed by atoms with Crippen molar-refractivity contribution < 1.29 is 14.5 Å². The van der Waals surface area contributed by atoms with Gasteiger partial charge in [0.15, 0.2) is 0 Å². The number of hydrogen-bond donors (Lipinski definition) is 0. The number of hydrogen-bond acceptors (Lipinski definition) is 5. The van der Waals surface area contributed by atoms with Crippen LogP contribution >= 0.6 is 0 Å². The van der Waals surface area contributed by atoms with Crippen molar-refractivity contribution in [1.29, 1.82) is 0 Å². The van der Waals surface area contributed by atoms with Crippen molar-refractivity contribution in [2.75, 3.05) is 7.11 Å². The standard InChI is InChI=1S/C16H19N3O4/c1-10-7-13(5-6-15(10)19(21)22)9-18-12(3)14(11(2)17-18)8-16(20)23-4/h5-7H,8-9H2,1-4H3. The third-order valence-electron chi connectivity index (χ3n) is 3.87. The molecule has 0 aliphatic rings. The Labute approximate surface area is 134 Å². The predicted octanol–water partition coefficient (Wildman–Crippen LogP) is 2.48. The Morgan fingerprint density at radius 1 is 1.35 bits per heavy atom. The zero-order chi connectivity index (χ0) is 17.1. The molecule has 122 valence electrons. The zero-order valence-electron chi connectivity index (χ0n) is 13.6. The maximum absolute atomic E-state index is 11.5. The summed E-state index contributed by atoms with van der Waals surface area (Å²) in [6.07, 6.45) is 0.188. The van der Waals surface area contributed by atoms with Crippen molar-refractivity contribution in [2.24, 2.45) is 0 Å². The summed E-state index contributed by atoms with van der Waals surface area (Å²) in [6.45, 7) is 5.96. The lowest BCUT2D eigenvalue weighted by Crippen LogP contribution is -2.08. The largest absolute Gasteiger partial charge is 0.469 e. The van der Waals surface area contributed by atoms with Crippen LogP contribution in [0.5, 0.6) is 0 Å². The summed E-state index contributed by atoms with van der Waals surface area (Å²) in [7, 11) is 1.36. The van der Waals surface area contributed by atoms with Crippen molar-refractivity contribution in [2.45, 2.75) is 33.7 Å². The van der Waals surface area contributed by atoms with Gasteiger partial charge in [0.2, 0.25) is 0 Å². The van der Waals surface area contributed by atoms with Crippen molar-refractivity contribution in [3.8, 4) is 0 Å². The molecular weight excluding hydrogens is 298 g/mol. The van der Waals surface area contributed by atoms with E-state index in [1.807, 2.05) is 13.8 Å². The molecule has 0 bridgehead atoms. The molecule has 0 spiro atoms. The van der Waals surface area contributed by atoms with Crippen LogP contribution in [0.1, 0.15) is 28.1 Å². The van der Waals surface area contributed by atoms with E-state index < -0.39 is 4.92 Å². The van der Waals surface area contributed by atoms with Gasteiger partial charge in [0.1, 0.15) is 0 Å². The summed E-state index contributed by atoms with van der Waals surface area (Å²) in [5.41, 5.74) is 4.17. The molecule has 0 aliphatic carbocycles. The molecule has 1 aromatic carbocycles. The van der Waals surface area contributed by atoms with E-state index in [1.54, 1.807) is 23.7 Å². The minimum Gasteiger partial charge on any atom is -0.469 e. The number of nitrogens with zero attached hydrogens (tertiary/aromatic N) is 3. The molecule has 2 rings (SSSR count). The number of carbonyl (C=O) groups is 1. The highest BCUT2D eigenvalue weighted by Gasteiger charge is 2.16. The Morgan fingerprint density at radius 3 is 2.61 bits per heavy atom. The molecule has 7 heteroatoms. The van der Waals surface area contributed by atoms with Crippen LogP contribution in [0.2, 0.25) is 0 Å².